The van der Waals surface area contributed by atoms with Crippen LogP contribution in [0.15, 0.2) is 36.4 Å². The molecule has 0 spiro atoms. The van der Waals surface area contributed by atoms with Crippen molar-refractivity contribution in [2.45, 2.75) is 45.3 Å². The highest BCUT2D eigenvalue weighted by atomic mass is 16.5. The van der Waals surface area contributed by atoms with E-state index >= 15 is 0 Å². The number of benzene rings is 1. The molecule has 4 heteroatoms. The number of hydrogen-bond donors (Lipinski definition) is 2. The summed E-state index contributed by atoms with van der Waals surface area (Å²) in [6.45, 7) is 4.18. The van der Waals surface area contributed by atoms with Crippen molar-refractivity contribution in [3.63, 3.8) is 0 Å². The number of rotatable bonds is 7. The third kappa shape index (κ3) is 5.19. The van der Waals surface area contributed by atoms with Crippen molar-refractivity contribution < 1.29 is 14.6 Å². The highest BCUT2D eigenvalue weighted by Crippen LogP contribution is 2.21. The Morgan fingerprint density at radius 1 is 1.36 bits per heavy atom. The first kappa shape index (κ1) is 16.6. The van der Waals surface area contributed by atoms with Crippen LogP contribution < -0.4 is 10.1 Å². The number of hydrogen-bond acceptors (Lipinski definition) is 3. The van der Waals surface area contributed by atoms with Crippen molar-refractivity contribution in [2.24, 2.45) is 5.92 Å². The largest absolute Gasteiger partial charge is 0.491 e. The van der Waals surface area contributed by atoms with E-state index in [9.17, 15) is 9.90 Å². The minimum atomic E-state index is -0.698. The van der Waals surface area contributed by atoms with Crippen molar-refractivity contribution in [1.82, 2.24) is 5.32 Å². The molecular formula is C18H25NO3. The smallest absolute Gasteiger partial charge is 0.220 e. The molecule has 0 saturated carbocycles. The van der Waals surface area contributed by atoms with Gasteiger partial charge < -0.3 is 15.2 Å². The van der Waals surface area contributed by atoms with Gasteiger partial charge in [0.2, 0.25) is 5.91 Å². The van der Waals surface area contributed by atoms with E-state index in [0.717, 1.165) is 24.2 Å². The van der Waals surface area contributed by atoms with Crippen LogP contribution in [0.3, 0.4) is 0 Å². The highest BCUT2D eigenvalue weighted by Gasteiger charge is 2.15. The fourth-order valence-electron chi connectivity index (χ4n) is 2.54. The first-order valence-corrected chi connectivity index (χ1v) is 7.92. The fraction of sp³-hybridized carbons (Fsp3) is 0.500. The molecule has 0 heterocycles. The summed E-state index contributed by atoms with van der Waals surface area (Å²) in [5.41, 5.74) is 0.775. The Balaban J connectivity index is 1.77. The van der Waals surface area contributed by atoms with Crippen LogP contribution in [0.5, 0.6) is 5.75 Å². The van der Waals surface area contributed by atoms with E-state index in [-0.39, 0.29) is 18.6 Å². The Kier molecular flexibility index (Phi) is 6.01. The summed E-state index contributed by atoms with van der Waals surface area (Å²) in [4.78, 5) is 11.8. The third-order valence-electron chi connectivity index (χ3n) is 3.69. The second kappa shape index (κ2) is 7.99. The first-order chi connectivity index (χ1) is 10.5. The molecular weight excluding hydrogens is 278 g/mol. The Bertz CT molecular complexity index is 508. The van der Waals surface area contributed by atoms with Crippen LogP contribution >= 0.6 is 0 Å². The number of aliphatic hydroxyl groups excluding tert-OH is 1. The molecule has 0 bridgehead atoms. The zero-order valence-corrected chi connectivity index (χ0v) is 13.3. The van der Waals surface area contributed by atoms with Crippen molar-refractivity contribution in [3.8, 4) is 5.75 Å². The maximum Gasteiger partial charge on any atom is 0.220 e. The van der Waals surface area contributed by atoms with Gasteiger partial charge in [-0.15, -0.1) is 0 Å². The summed E-state index contributed by atoms with van der Waals surface area (Å²) in [5.74, 6) is 1.13. The highest BCUT2D eigenvalue weighted by molar-refractivity contribution is 5.76. The first-order valence-electron chi connectivity index (χ1n) is 7.92. The van der Waals surface area contributed by atoms with Gasteiger partial charge in [-0.1, -0.05) is 24.3 Å². The van der Waals surface area contributed by atoms with Crippen LogP contribution in [-0.2, 0) is 4.79 Å². The number of ether oxygens (including phenoxy) is 1. The lowest BCUT2D eigenvalue weighted by atomic mass is 10.0. The van der Waals surface area contributed by atoms with E-state index in [1.807, 2.05) is 38.1 Å². The normalized spacial score (nSPS) is 18.5. The van der Waals surface area contributed by atoms with E-state index in [2.05, 4.69) is 17.5 Å². The number of aliphatic hydroxyl groups is 1. The molecule has 120 valence electrons. The third-order valence-corrected chi connectivity index (χ3v) is 3.69. The predicted octanol–water partition coefficient (Wildman–Crippen LogP) is 2.98. The zero-order chi connectivity index (χ0) is 15.9. The Morgan fingerprint density at radius 3 is 2.68 bits per heavy atom. The maximum absolute atomic E-state index is 11.8. The second-order valence-electron chi connectivity index (χ2n) is 6.03. The molecule has 1 aliphatic rings. The van der Waals surface area contributed by atoms with Gasteiger partial charge in [-0.25, -0.2) is 0 Å². The van der Waals surface area contributed by atoms with Crippen molar-refractivity contribution in [1.29, 1.82) is 0 Å². The van der Waals surface area contributed by atoms with E-state index in [4.69, 9.17) is 4.74 Å². The van der Waals surface area contributed by atoms with Gasteiger partial charge in [0.15, 0.2) is 0 Å². The maximum atomic E-state index is 11.8. The molecule has 4 nitrogen and oxygen atoms in total. The molecule has 1 aliphatic carbocycles. The molecule has 0 unspecified atom stereocenters. The average molecular weight is 303 g/mol. The summed E-state index contributed by atoms with van der Waals surface area (Å²) in [6, 6.07) is 7.33. The van der Waals surface area contributed by atoms with Gasteiger partial charge in [0.25, 0.3) is 0 Å². The minimum Gasteiger partial charge on any atom is -0.491 e. The fourth-order valence-corrected chi connectivity index (χ4v) is 2.54. The molecule has 0 saturated heterocycles. The number of carbonyl (C=O) groups is 1. The van der Waals surface area contributed by atoms with Gasteiger partial charge >= 0.3 is 0 Å². The van der Waals surface area contributed by atoms with Crippen LogP contribution in [0.1, 0.15) is 44.8 Å². The Labute approximate surface area is 132 Å². The summed E-state index contributed by atoms with van der Waals surface area (Å²) in [5, 5.41) is 12.9. The molecule has 0 radical (unpaired) electrons. The second-order valence-corrected chi connectivity index (χ2v) is 6.03. The summed E-state index contributed by atoms with van der Waals surface area (Å²) < 4.78 is 5.56. The van der Waals surface area contributed by atoms with Crippen LogP contribution in [0.4, 0.5) is 0 Å². The van der Waals surface area contributed by atoms with Crippen molar-refractivity contribution >= 4 is 5.91 Å². The van der Waals surface area contributed by atoms with E-state index in [1.54, 1.807) is 0 Å². The molecule has 0 fully saturated rings. The van der Waals surface area contributed by atoms with Crippen molar-refractivity contribution in [2.75, 3.05) is 6.54 Å². The van der Waals surface area contributed by atoms with Gasteiger partial charge in [0, 0.05) is 13.0 Å². The minimum absolute atomic E-state index is 0.00430. The van der Waals surface area contributed by atoms with Gasteiger partial charge in [-0.3, -0.25) is 4.79 Å². The number of carbonyl (C=O) groups excluding carboxylic acids is 1. The quantitative estimate of drug-likeness (QED) is 0.761. The topological polar surface area (TPSA) is 58.6 Å². The summed E-state index contributed by atoms with van der Waals surface area (Å²) in [6.07, 6.45) is 6.26. The molecule has 0 aliphatic heterocycles. The van der Waals surface area contributed by atoms with Crippen LogP contribution in [0.2, 0.25) is 0 Å². The van der Waals surface area contributed by atoms with Crippen molar-refractivity contribution in [3.05, 3.63) is 42.0 Å². The standard InChI is InChI=1S/C18H25NO3/c1-13(2)22-16-9-7-15(8-10-16)17(20)12-19-18(21)11-14-5-3-4-6-14/h3,5,7-10,13-14,17,20H,4,6,11-12H2,1-2H3,(H,19,21)/t14-,17-/m0/s1. The van der Waals surface area contributed by atoms with E-state index < -0.39 is 6.10 Å². The lowest BCUT2D eigenvalue weighted by Crippen LogP contribution is -2.29. The number of allylic oxidation sites excluding steroid dienone is 2. The summed E-state index contributed by atoms with van der Waals surface area (Å²) in [7, 11) is 0. The lowest BCUT2D eigenvalue weighted by Gasteiger charge is -2.15. The van der Waals surface area contributed by atoms with E-state index in [1.165, 1.54) is 0 Å². The SMILES string of the molecule is CC(C)Oc1ccc([C@@H](O)CNC(=O)C[C@H]2C=CCC2)cc1. The lowest BCUT2D eigenvalue weighted by molar-refractivity contribution is -0.122. The van der Waals surface area contributed by atoms with Gasteiger partial charge in [-0.05, 0) is 50.3 Å². The molecule has 1 amide bonds. The monoisotopic (exact) mass is 303 g/mol. The zero-order valence-electron chi connectivity index (χ0n) is 13.3. The van der Waals surface area contributed by atoms with Gasteiger partial charge in [0.05, 0.1) is 12.2 Å². The predicted molar refractivity (Wildman–Crippen MR) is 86.7 cm³/mol. The Morgan fingerprint density at radius 2 is 2.09 bits per heavy atom. The number of nitrogens with one attached hydrogen (secondary N) is 1. The molecule has 1 aromatic carbocycles. The van der Waals surface area contributed by atoms with Crippen LogP contribution in [0, 0.1) is 5.92 Å². The Hall–Kier alpha value is -1.81. The molecule has 2 rings (SSSR count). The summed E-state index contributed by atoms with van der Waals surface area (Å²) >= 11 is 0. The molecule has 0 aromatic heterocycles. The molecule has 2 atom stereocenters. The van der Waals surface area contributed by atoms with Crippen LogP contribution in [-0.4, -0.2) is 23.7 Å². The van der Waals surface area contributed by atoms with Gasteiger partial charge in [-0.2, -0.15) is 0 Å². The van der Waals surface area contributed by atoms with E-state index in [0.29, 0.717) is 12.3 Å². The average Bonchev–Trinajstić information content (AvgIpc) is 2.98. The van der Waals surface area contributed by atoms with Gasteiger partial charge in [0.1, 0.15) is 5.75 Å². The molecule has 2 N–H and O–H groups in total. The molecule has 22 heavy (non-hydrogen) atoms. The number of amides is 1. The van der Waals surface area contributed by atoms with Crippen LogP contribution in [0.25, 0.3) is 0 Å². The molecule has 1 aromatic rings.